The van der Waals surface area contributed by atoms with E-state index in [0.29, 0.717) is 17.8 Å². The fourth-order valence-electron chi connectivity index (χ4n) is 6.84. The molecule has 1 N–H and O–H groups in total. The van der Waals surface area contributed by atoms with E-state index in [1.807, 2.05) is 0 Å². The molecule has 0 aromatic heterocycles. The summed E-state index contributed by atoms with van der Waals surface area (Å²) >= 11 is 5.62. The van der Waals surface area contributed by atoms with Gasteiger partial charge in [0.1, 0.15) is 5.76 Å². The zero-order valence-electron chi connectivity index (χ0n) is 15.5. The molecule has 1 unspecified atom stereocenters. The van der Waals surface area contributed by atoms with Crippen LogP contribution in [-0.2, 0) is 14.3 Å². The van der Waals surface area contributed by atoms with Gasteiger partial charge in [0.25, 0.3) is 0 Å². The molecule has 4 aliphatic carbocycles. The Bertz CT molecular complexity index is 711. The minimum atomic E-state index is -0.495. The van der Waals surface area contributed by atoms with E-state index in [1.54, 1.807) is 6.08 Å². The number of aliphatic hydroxyl groups is 1. The molecule has 142 valence electrons. The highest BCUT2D eigenvalue weighted by atomic mass is 35.5. The normalized spacial score (nSPS) is 44.3. The zero-order valence-corrected chi connectivity index (χ0v) is 16.2. The molecule has 4 nitrogen and oxygen atoms in total. The standard InChI is InChI=1S/C21H27ClO4/c1-20-8-7-16-14(15(20)5-6-17(20)19(25)26-11-22)4-3-12-9-13(23)10-18(24)21(12,16)2/h9-10,14-17,23H,3-8,11H2,1-2H3/t14-,15-,16-,17?,20-,21-/m0/s1. The van der Waals surface area contributed by atoms with Gasteiger partial charge in [-0.25, -0.2) is 0 Å². The van der Waals surface area contributed by atoms with Crippen LogP contribution in [0.1, 0.15) is 52.4 Å². The van der Waals surface area contributed by atoms with Crippen LogP contribution in [0.4, 0.5) is 0 Å². The Morgan fingerprint density at radius 3 is 2.73 bits per heavy atom. The molecular formula is C21H27ClO4. The Kier molecular flexibility index (Phi) is 4.26. The van der Waals surface area contributed by atoms with E-state index in [1.165, 1.54) is 6.08 Å². The SMILES string of the molecule is C[C@]12C(=O)C=C(O)C=C1CC[C@@H]1[C@@H]2CC[C@]2(C)C(C(=O)OCCl)CC[C@@H]12. The minimum Gasteiger partial charge on any atom is -0.508 e. The first-order chi connectivity index (χ1) is 12.3. The number of hydrogen-bond donors (Lipinski definition) is 1. The van der Waals surface area contributed by atoms with Crippen molar-refractivity contribution in [1.29, 1.82) is 0 Å². The highest BCUT2D eigenvalue weighted by molar-refractivity contribution is 6.17. The number of alkyl halides is 1. The summed E-state index contributed by atoms with van der Waals surface area (Å²) in [6, 6.07) is -0.0846. The van der Waals surface area contributed by atoms with Gasteiger partial charge in [0, 0.05) is 6.08 Å². The number of ketones is 1. The highest BCUT2D eigenvalue weighted by Gasteiger charge is 2.61. The van der Waals surface area contributed by atoms with E-state index < -0.39 is 5.41 Å². The van der Waals surface area contributed by atoms with E-state index in [4.69, 9.17) is 16.3 Å². The van der Waals surface area contributed by atoms with Crippen molar-refractivity contribution in [2.45, 2.75) is 52.4 Å². The van der Waals surface area contributed by atoms with Crippen molar-refractivity contribution >= 4 is 23.4 Å². The molecule has 6 atom stereocenters. The van der Waals surface area contributed by atoms with Crippen LogP contribution in [0.5, 0.6) is 0 Å². The summed E-state index contributed by atoms with van der Waals surface area (Å²) in [5.41, 5.74) is 0.534. The number of hydrogen-bond acceptors (Lipinski definition) is 4. The maximum absolute atomic E-state index is 12.9. The number of halogens is 1. The number of allylic oxidation sites excluding steroid dienone is 3. The average molecular weight is 379 g/mol. The van der Waals surface area contributed by atoms with Crippen LogP contribution in [0.2, 0.25) is 0 Å². The van der Waals surface area contributed by atoms with Gasteiger partial charge in [-0.2, -0.15) is 0 Å². The molecule has 3 saturated carbocycles. The van der Waals surface area contributed by atoms with Gasteiger partial charge < -0.3 is 9.84 Å². The maximum atomic E-state index is 12.9. The van der Waals surface area contributed by atoms with Gasteiger partial charge in [0.2, 0.25) is 0 Å². The lowest BCUT2D eigenvalue weighted by molar-refractivity contribution is -0.154. The van der Waals surface area contributed by atoms with E-state index in [2.05, 4.69) is 13.8 Å². The summed E-state index contributed by atoms with van der Waals surface area (Å²) in [5, 5.41) is 9.87. The predicted molar refractivity (Wildman–Crippen MR) is 98.5 cm³/mol. The summed E-state index contributed by atoms with van der Waals surface area (Å²) in [4.78, 5) is 25.3. The van der Waals surface area contributed by atoms with E-state index in [9.17, 15) is 14.7 Å². The van der Waals surface area contributed by atoms with E-state index >= 15 is 0 Å². The molecule has 0 saturated heterocycles. The van der Waals surface area contributed by atoms with Crippen molar-refractivity contribution in [3.8, 4) is 0 Å². The maximum Gasteiger partial charge on any atom is 0.310 e. The molecule has 4 rings (SSSR count). The second-order valence-corrected chi connectivity index (χ2v) is 9.19. The molecule has 0 aromatic rings. The summed E-state index contributed by atoms with van der Waals surface area (Å²) < 4.78 is 5.14. The van der Waals surface area contributed by atoms with Gasteiger partial charge in [0.05, 0.1) is 11.3 Å². The fourth-order valence-corrected chi connectivity index (χ4v) is 6.94. The smallest absolute Gasteiger partial charge is 0.310 e. The first-order valence-electron chi connectivity index (χ1n) is 9.71. The molecule has 0 spiro atoms. The third kappa shape index (κ3) is 2.33. The molecule has 0 radical (unpaired) electrons. The molecule has 0 amide bonds. The van der Waals surface area contributed by atoms with Crippen molar-refractivity contribution in [2.75, 3.05) is 6.07 Å². The van der Waals surface area contributed by atoms with E-state index in [-0.39, 0.29) is 34.9 Å². The molecule has 0 heterocycles. The summed E-state index contributed by atoms with van der Waals surface area (Å²) in [5.74, 6) is 1.08. The minimum absolute atomic E-state index is 0.0434. The Morgan fingerprint density at radius 2 is 2.00 bits per heavy atom. The number of rotatable bonds is 2. The summed E-state index contributed by atoms with van der Waals surface area (Å²) in [6.07, 6.45) is 8.84. The molecule has 0 aromatic carbocycles. The van der Waals surface area contributed by atoms with Crippen LogP contribution in [0.25, 0.3) is 0 Å². The summed E-state index contributed by atoms with van der Waals surface area (Å²) in [6.45, 7) is 4.31. The largest absolute Gasteiger partial charge is 0.508 e. The van der Waals surface area contributed by atoms with Crippen molar-refractivity contribution < 1.29 is 19.4 Å². The first kappa shape index (κ1) is 18.1. The Morgan fingerprint density at radius 1 is 1.23 bits per heavy atom. The monoisotopic (exact) mass is 378 g/mol. The third-order valence-electron chi connectivity index (χ3n) is 8.19. The van der Waals surface area contributed by atoms with Gasteiger partial charge in [-0.15, -0.1) is 0 Å². The number of ether oxygens (including phenoxy) is 1. The predicted octanol–water partition coefficient (Wildman–Crippen LogP) is 4.54. The second kappa shape index (κ2) is 6.12. The van der Waals surface area contributed by atoms with Crippen LogP contribution in [0, 0.1) is 34.5 Å². The van der Waals surface area contributed by atoms with Crippen LogP contribution >= 0.6 is 11.6 Å². The van der Waals surface area contributed by atoms with Crippen LogP contribution < -0.4 is 0 Å². The van der Waals surface area contributed by atoms with Crippen LogP contribution in [0.3, 0.4) is 0 Å². The summed E-state index contributed by atoms with van der Waals surface area (Å²) in [7, 11) is 0. The lowest BCUT2D eigenvalue weighted by Gasteiger charge is -2.56. The molecule has 26 heavy (non-hydrogen) atoms. The van der Waals surface area contributed by atoms with Crippen molar-refractivity contribution in [3.63, 3.8) is 0 Å². The van der Waals surface area contributed by atoms with Gasteiger partial charge in [-0.1, -0.05) is 24.1 Å². The second-order valence-electron chi connectivity index (χ2n) is 8.97. The lowest BCUT2D eigenvalue weighted by Crippen LogP contribution is -2.53. The lowest BCUT2D eigenvalue weighted by atomic mass is 9.47. The quantitative estimate of drug-likeness (QED) is 0.566. The Labute approximate surface area is 159 Å². The molecule has 3 fully saturated rings. The third-order valence-corrected chi connectivity index (χ3v) is 8.30. The van der Waals surface area contributed by atoms with Gasteiger partial charge in [0.15, 0.2) is 11.8 Å². The molecule has 0 bridgehead atoms. The van der Waals surface area contributed by atoms with Crippen molar-refractivity contribution in [3.05, 3.63) is 23.5 Å². The van der Waals surface area contributed by atoms with Crippen molar-refractivity contribution in [1.82, 2.24) is 0 Å². The topological polar surface area (TPSA) is 63.6 Å². The molecular weight excluding hydrogens is 352 g/mol. The van der Waals surface area contributed by atoms with Gasteiger partial charge in [-0.05, 0) is 74.7 Å². The number of carbonyl (C=O) groups excluding carboxylic acids is 2. The van der Waals surface area contributed by atoms with Gasteiger partial charge in [-0.3, -0.25) is 9.59 Å². The number of carbonyl (C=O) groups is 2. The number of esters is 1. The zero-order chi connectivity index (χ0) is 18.7. The van der Waals surface area contributed by atoms with Crippen molar-refractivity contribution in [2.24, 2.45) is 34.5 Å². The average Bonchev–Trinajstić information content (AvgIpc) is 2.94. The number of fused-ring (bicyclic) bond motifs is 5. The Hall–Kier alpha value is -1.29. The molecule has 5 heteroatoms. The van der Waals surface area contributed by atoms with E-state index in [0.717, 1.165) is 44.1 Å². The molecule has 4 aliphatic rings. The molecule has 0 aliphatic heterocycles. The van der Waals surface area contributed by atoms with Crippen LogP contribution in [0.15, 0.2) is 23.5 Å². The van der Waals surface area contributed by atoms with Crippen LogP contribution in [-0.4, -0.2) is 22.9 Å². The number of aliphatic hydroxyl groups excluding tert-OH is 1. The fraction of sp³-hybridized carbons (Fsp3) is 0.714. The van der Waals surface area contributed by atoms with Gasteiger partial charge >= 0.3 is 5.97 Å². The first-order valence-corrected chi connectivity index (χ1v) is 10.2. The highest BCUT2D eigenvalue weighted by Crippen LogP contribution is 2.66. The Balaban J connectivity index is 1.65.